The van der Waals surface area contributed by atoms with Gasteiger partial charge in [-0.05, 0) is 25.2 Å². The van der Waals surface area contributed by atoms with Crippen molar-refractivity contribution in [3.8, 4) is 0 Å². The predicted octanol–water partition coefficient (Wildman–Crippen LogP) is 12.4. The van der Waals surface area contributed by atoms with Crippen LogP contribution < -0.4 is 0 Å². The van der Waals surface area contributed by atoms with Crippen LogP contribution in [0.3, 0.4) is 0 Å². The Labute approximate surface area is 291 Å². The summed E-state index contributed by atoms with van der Waals surface area (Å²) in [5.41, 5.74) is 0. The van der Waals surface area contributed by atoms with Crippen LogP contribution in [0, 0.1) is 5.92 Å². The lowest BCUT2D eigenvalue weighted by molar-refractivity contribution is -0.167. The summed E-state index contributed by atoms with van der Waals surface area (Å²) < 4.78 is 16.5. The fourth-order valence-electron chi connectivity index (χ4n) is 5.92. The molecule has 0 unspecified atom stereocenters. The van der Waals surface area contributed by atoms with E-state index in [-0.39, 0.29) is 31.1 Å². The van der Waals surface area contributed by atoms with Crippen molar-refractivity contribution in [1.29, 1.82) is 0 Å². The van der Waals surface area contributed by atoms with Crippen molar-refractivity contribution in [2.45, 2.75) is 226 Å². The van der Waals surface area contributed by atoms with Gasteiger partial charge in [0.2, 0.25) is 0 Å². The fourth-order valence-corrected chi connectivity index (χ4v) is 5.92. The van der Waals surface area contributed by atoms with E-state index < -0.39 is 6.10 Å². The van der Waals surface area contributed by atoms with Crippen molar-refractivity contribution in [2.24, 2.45) is 5.92 Å². The van der Waals surface area contributed by atoms with Crippen molar-refractivity contribution < 1.29 is 28.6 Å². The summed E-state index contributed by atoms with van der Waals surface area (Å²) in [6.45, 7) is 8.89. The van der Waals surface area contributed by atoms with E-state index in [1.165, 1.54) is 116 Å². The van der Waals surface area contributed by atoms with Gasteiger partial charge in [0, 0.05) is 19.3 Å². The van der Waals surface area contributed by atoms with Crippen molar-refractivity contribution in [2.75, 3.05) is 13.2 Å². The molecule has 0 fully saturated rings. The molecule has 0 aromatic rings. The molecule has 0 spiro atoms. The molecule has 0 aliphatic rings. The summed E-state index contributed by atoms with van der Waals surface area (Å²) in [4.78, 5) is 37.3. The zero-order valence-electron chi connectivity index (χ0n) is 31.7. The molecule has 0 N–H and O–H groups in total. The van der Waals surface area contributed by atoms with Crippen LogP contribution in [-0.4, -0.2) is 37.2 Å². The van der Waals surface area contributed by atoms with Gasteiger partial charge in [-0.2, -0.15) is 0 Å². The van der Waals surface area contributed by atoms with Crippen molar-refractivity contribution in [3.63, 3.8) is 0 Å². The van der Waals surface area contributed by atoms with Gasteiger partial charge in [-0.3, -0.25) is 14.4 Å². The van der Waals surface area contributed by atoms with E-state index in [2.05, 4.69) is 27.7 Å². The fraction of sp³-hybridized carbons (Fsp3) is 0.927. The highest BCUT2D eigenvalue weighted by Crippen LogP contribution is 2.15. The second-order valence-electron chi connectivity index (χ2n) is 14.4. The van der Waals surface area contributed by atoms with E-state index in [1.807, 2.05) is 0 Å². The zero-order chi connectivity index (χ0) is 34.6. The first-order valence-electron chi connectivity index (χ1n) is 20.4. The van der Waals surface area contributed by atoms with Crippen LogP contribution >= 0.6 is 0 Å². The van der Waals surface area contributed by atoms with Crippen LogP contribution in [0.25, 0.3) is 0 Å². The van der Waals surface area contributed by atoms with Crippen LogP contribution in [-0.2, 0) is 28.6 Å². The van der Waals surface area contributed by atoms with E-state index in [9.17, 15) is 14.4 Å². The molecule has 47 heavy (non-hydrogen) atoms. The van der Waals surface area contributed by atoms with Crippen LogP contribution in [0.15, 0.2) is 0 Å². The van der Waals surface area contributed by atoms with Crippen LogP contribution in [0.5, 0.6) is 0 Å². The summed E-state index contributed by atoms with van der Waals surface area (Å²) in [5, 5.41) is 0. The lowest BCUT2D eigenvalue weighted by Crippen LogP contribution is -2.30. The minimum absolute atomic E-state index is 0.0655. The Kier molecular flexibility index (Phi) is 34.5. The highest BCUT2D eigenvalue weighted by atomic mass is 16.6. The Hall–Kier alpha value is -1.59. The molecule has 0 radical (unpaired) electrons. The summed E-state index contributed by atoms with van der Waals surface area (Å²) in [6.07, 6.45) is 32.5. The summed E-state index contributed by atoms with van der Waals surface area (Å²) >= 11 is 0. The second-order valence-corrected chi connectivity index (χ2v) is 14.4. The number of ether oxygens (including phenoxy) is 3. The molecular formula is C41H78O6. The average molecular weight is 667 g/mol. The van der Waals surface area contributed by atoms with Gasteiger partial charge in [0.1, 0.15) is 13.2 Å². The standard InChI is InChI=1S/C41H78O6/c1-5-7-9-11-19-24-28-32-39(42)45-35-38(47-41(44)34-30-26-20-12-10-8-6-2)36-46-40(43)33-29-25-22-18-16-14-13-15-17-21-23-27-31-37(3)4/h37-38H,5-36H2,1-4H3/t38-/m0/s1. The van der Waals surface area contributed by atoms with E-state index in [4.69, 9.17) is 14.2 Å². The third-order valence-electron chi connectivity index (χ3n) is 9.04. The molecule has 0 bridgehead atoms. The predicted molar refractivity (Wildman–Crippen MR) is 196 cm³/mol. The number of esters is 3. The Morgan fingerprint density at radius 2 is 0.702 bits per heavy atom. The molecule has 0 aliphatic heterocycles. The Bertz CT molecular complexity index is 706. The molecule has 0 aromatic heterocycles. The zero-order valence-corrected chi connectivity index (χ0v) is 31.7. The molecule has 0 aliphatic carbocycles. The number of hydrogen-bond acceptors (Lipinski definition) is 6. The Balaban J connectivity index is 4.20. The maximum Gasteiger partial charge on any atom is 0.306 e. The van der Waals surface area contributed by atoms with Gasteiger partial charge in [-0.25, -0.2) is 0 Å². The number of carbonyl (C=O) groups is 3. The maximum atomic E-state index is 12.5. The molecule has 0 saturated carbocycles. The molecule has 1 atom stereocenters. The second kappa shape index (κ2) is 35.7. The van der Waals surface area contributed by atoms with Crippen molar-refractivity contribution in [3.05, 3.63) is 0 Å². The van der Waals surface area contributed by atoms with E-state index >= 15 is 0 Å². The van der Waals surface area contributed by atoms with Crippen LogP contribution in [0.1, 0.15) is 220 Å². The molecule has 0 amide bonds. The Morgan fingerprint density at radius 3 is 1.04 bits per heavy atom. The third-order valence-corrected chi connectivity index (χ3v) is 9.04. The van der Waals surface area contributed by atoms with Gasteiger partial charge in [-0.1, -0.05) is 182 Å². The quantitative estimate of drug-likeness (QED) is 0.0376. The smallest absolute Gasteiger partial charge is 0.306 e. The first kappa shape index (κ1) is 45.4. The highest BCUT2D eigenvalue weighted by molar-refractivity contribution is 5.71. The molecule has 278 valence electrons. The van der Waals surface area contributed by atoms with Gasteiger partial charge in [0.25, 0.3) is 0 Å². The SMILES string of the molecule is CCCCCCCCCC(=O)OC[C@@H](COC(=O)CCCCCCCCCCCCCCC(C)C)OC(=O)CCCCCCCCC. The Morgan fingerprint density at radius 1 is 0.404 bits per heavy atom. The van der Waals surface area contributed by atoms with Crippen molar-refractivity contribution in [1.82, 2.24) is 0 Å². The first-order chi connectivity index (χ1) is 22.9. The summed E-state index contributed by atoms with van der Waals surface area (Å²) in [7, 11) is 0. The summed E-state index contributed by atoms with van der Waals surface area (Å²) in [6, 6.07) is 0. The van der Waals surface area contributed by atoms with Gasteiger partial charge >= 0.3 is 17.9 Å². The van der Waals surface area contributed by atoms with Gasteiger partial charge in [0.15, 0.2) is 6.10 Å². The van der Waals surface area contributed by atoms with Gasteiger partial charge in [-0.15, -0.1) is 0 Å². The first-order valence-corrected chi connectivity index (χ1v) is 20.4. The van der Waals surface area contributed by atoms with Crippen LogP contribution in [0.4, 0.5) is 0 Å². The highest BCUT2D eigenvalue weighted by Gasteiger charge is 2.19. The van der Waals surface area contributed by atoms with E-state index in [0.717, 1.165) is 63.7 Å². The average Bonchev–Trinajstić information content (AvgIpc) is 3.05. The molecule has 0 rings (SSSR count). The minimum atomic E-state index is -0.756. The summed E-state index contributed by atoms with van der Waals surface area (Å²) in [5.74, 6) is -0.0404. The number of rotatable bonds is 36. The molecular weight excluding hydrogens is 588 g/mol. The molecule has 0 heterocycles. The lowest BCUT2D eigenvalue weighted by atomic mass is 10.0. The topological polar surface area (TPSA) is 78.9 Å². The number of carbonyl (C=O) groups excluding carboxylic acids is 3. The number of hydrogen-bond donors (Lipinski definition) is 0. The molecule has 0 saturated heterocycles. The third kappa shape index (κ3) is 35.5. The lowest BCUT2D eigenvalue weighted by Gasteiger charge is -2.18. The van der Waals surface area contributed by atoms with Crippen LogP contribution in [0.2, 0.25) is 0 Å². The van der Waals surface area contributed by atoms with Gasteiger partial charge in [0.05, 0.1) is 0 Å². The normalized spacial score (nSPS) is 11.9. The largest absolute Gasteiger partial charge is 0.462 e. The van der Waals surface area contributed by atoms with Gasteiger partial charge < -0.3 is 14.2 Å². The van der Waals surface area contributed by atoms with E-state index in [1.54, 1.807) is 0 Å². The monoisotopic (exact) mass is 667 g/mol. The van der Waals surface area contributed by atoms with Crippen molar-refractivity contribution >= 4 is 17.9 Å². The molecule has 6 heteroatoms. The molecule has 6 nitrogen and oxygen atoms in total. The maximum absolute atomic E-state index is 12.5. The van der Waals surface area contributed by atoms with E-state index in [0.29, 0.717) is 19.3 Å². The minimum Gasteiger partial charge on any atom is -0.462 e. The number of unbranched alkanes of at least 4 members (excludes halogenated alkanes) is 23. The molecule has 0 aromatic carbocycles.